The molecule has 31 heavy (non-hydrogen) atoms. The average Bonchev–Trinajstić information content (AvgIpc) is 3.13. The highest BCUT2D eigenvalue weighted by atomic mass is 16.5. The molecule has 1 aliphatic rings. The van der Waals surface area contributed by atoms with E-state index < -0.39 is 0 Å². The van der Waals surface area contributed by atoms with Crippen molar-refractivity contribution in [2.75, 3.05) is 25.9 Å². The van der Waals surface area contributed by atoms with Crippen LogP contribution in [0.1, 0.15) is 29.6 Å². The smallest absolute Gasteiger partial charge is 0.276 e. The summed E-state index contributed by atoms with van der Waals surface area (Å²) in [6, 6.07) is 10.8. The van der Waals surface area contributed by atoms with E-state index in [2.05, 4.69) is 15.0 Å². The number of hydrogen-bond acceptors (Lipinski definition) is 5. The van der Waals surface area contributed by atoms with Crippen molar-refractivity contribution in [3.05, 3.63) is 52.3 Å². The Balaban J connectivity index is 1.65. The SMILES string of the molecule is COc1cc2[nH]c(-c3nc4ccccc4[nH]c3=O)c(N)c2cc1C(=O)N1CCCCC1. The molecule has 0 aliphatic carbocycles. The van der Waals surface area contributed by atoms with Gasteiger partial charge in [0.2, 0.25) is 0 Å². The molecule has 1 aliphatic heterocycles. The molecule has 2 aromatic heterocycles. The number of carbonyl (C=O) groups is 1. The predicted octanol–water partition coefficient (Wildman–Crippen LogP) is 3.29. The lowest BCUT2D eigenvalue weighted by Crippen LogP contribution is -2.35. The molecule has 0 atom stereocenters. The van der Waals surface area contributed by atoms with Gasteiger partial charge < -0.3 is 25.3 Å². The maximum absolute atomic E-state index is 13.1. The third-order valence-corrected chi connectivity index (χ3v) is 5.87. The molecule has 0 radical (unpaired) electrons. The molecular formula is C23H23N5O3. The Morgan fingerprint density at radius 2 is 1.87 bits per heavy atom. The fourth-order valence-electron chi connectivity index (χ4n) is 4.23. The average molecular weight is 417 g/mol. The van der Waals surface area contributed by atoms with E-state index in [9.17, 15) is 9.59 Å². The minimum Gasteiger partial charge on any atom is -0.496 e. The Morgan fingerprint density at radius 1 is 1.10 bits per heavy atom. The highest BCUT2D eigenvalue weighted by molar-refractivity contribution is 6.06. The number of rotatable bonds is 3. The zero-order chi connectivity index (χ0) is 21.5. The van der Waals surface area contributed by atoms with E-state index in [1.165, 1.54) is 7.11 Å². The molecule has 0 spiro atoms. The molecule has 1 amide bonds. The monoisotopic (exact) mass is 417 g/mol. The summed E-state index contributed by atoms with van der Waals surface area (Å²) in [7, 11) is 1.54. The van der Waals surface area contributed by atoms with E-state index in [1.54, 1.807) is 18.2 Å². The van der Waals surface area contributed by atoms with Crippen LogP contribution in [0.2, 0.25) is 0 Å². The number of para-hydroxylation sites is 2. The van der Waals surface area contributed by atoms with Crippen molar-refractivity contribution >= 4 is 33.5 Å². The molecule has 8 heteroatoms. The number of likely N-dealkylation sites (tertiary alicyclic amines) is 1. The summed E-state index contributed by atoms with van der Waals surface area (Å²) in [4.78, 5) is 38.2. The first-order valence-electron chi connectivity index (χ1n) is 10.3. The van der Waals surface area contributed by atoms with Gasteiger partial charge in [-0.2, -0.15) is 0 Å². The van der Waals surface area contributed by atoms with Crippen LogP contribution in [0.15, 0.2) is 41.2 Å². The van der Waals surface area contributed by atoms with Crippen LogP contribution in [0.5, 0.6) is 5.75 Å². The second kappa shape index (κ2) is 7.46. The number of nitrogens with zero attached hydrogens (tertiary/aromatic N) is 2. The molecule has 5 rings (SSSR count). The molecule has 4 N–H and O–H groups in total. The predicted molar refractivity (Wildman–Crippen MR) is 120 cm³/mol. The molecule has 3 heterocycles. The molecule has 1 fully saturated rings. The largest absolute Gasteiger partial charge is 0.496 e. The lowest BCUT2D eigenvalue weighted by Gasteiger charge is -2.27. The van der Waals surface area contributed by atoms with Crippen LogP contribution in [-0.2, 0) is 0 Å². The van der Waals surface area contributed by atoms with Gasteiger partial charge in [-0.1, -0.05) is 12.1 Å². The topological polar surface area (TPSA) is 117 Å². The Morgan fingerprint density at radius 3 is 2.65 bits per heavy atom. The van der Waals surface area contributed by atoms with Crippen molar-refractivity contribution in [3.63, 3.8) is 0 Å². The van der Waals surface area contributed by atoms with Gasteiger partial charge in [0.15, 0.2) is 5.69 Å². The highest BCUT2D eigenvalue weighted by Gasteiger charge is 2.24. The Hall–Kier alpha value is -3.81. The summed E-state index contributed by atoms with van der Waals surface area (Å²) in [5.41, 5.74) is 9.55. The van der Waals surface area contributed by atoms with Crippen molar-refractivity contribution in [1.29, 1.82) is 0 Å². The molecule has 4 aromatic rings. The molecule has 0 unspecified atom stereocenters. The van der Waals surface area contributed by atoms with Gasteiger partial charge in [0.1, 0.15) is 5.75 Å². The summed E-state index contributed by atoms with van der Waals surface area (Å²) in [5.74, 6) is 0.401. The number of hydrogen-bond donors (Lipinski definition) is 3. The van der Waals surface area contributed by atoms with E-state index in [-0.39, 0.29) is 17.2 Å². The summed E-state index contributed by atoms with van der Waals surface area (Å²) >= 11 is 0. The second-order valence-corrected chi connectivity index (χ2v) is 7.80. The fourth-order valence-corrected chi connectivity index (χ4v) is 4.23. The fraction of sp³-hybridized carbons (Fsp3) is 0.261. The standard InChI is InChI=1S/C23H23N5O3/c1-31-18-12-17-13(11-14(18)23(30)28-9-5-2-6-10-28)19(24)20(26-17)21-22(29)27-16-8-4-3-7-15(16)25-21/h3-4,7-8,11-12,26H,2,5-6,9-10,24H2,1H3,(H,27,29). The zero-order valence-corrected chi connectivity index (χ0v) is 17.2. The molecule has 1 saturated heterocycles. The van der Waals surface area contributed by atoms with Gasteiger partial charge >= 0.3 is 0 Å². The van der Waals surface area contributed by atoms with Gasteiger partial charge in [-0.05, 0) is 37.5 Å². The quantitative estimate of drug-likeness (QED) is 0.473. The van der Waals surface area contributed by atoms with E-state index in [4.69, 9.17) is 10.5 Å². The minimum absolute atomic E-state index is 0.0673. The first kappa shape index (κ1) is 19.2. The van der Waals surface area contributed by atoms with Gasteiger partial charge in [-0.3, -0.25) is 9.59 Å². The number of anilines is 1. The number of nitrogen functional groups attached to an aromatic ring is 1. The third kappa shape index (κ3) is 3.20. The van der Waals surface area contributed by atoms with E-state index in [0.29, 0.717) is 44.6 Å². The number of amides is 1. The molecule has 2 aromatic carbocycles. The van der Waals surface area contributed by atoms with Crippen molar-refractivity contribution in [2.45, 2.75) is 19.3 Å². The number of aromatic nitrogens is 3. The van der Waals surface area contributed by atoms with E-state index in [0.717, 1.165) is 32.4 Å². The number of nitrogens with one attached hydrogen (secondary N) is 2. The number of piperidine rings is 1. The second-order valence-electron chi connectivity index (χ2n) is 7.80. The van der Waals surface area contributed by atoms with Gasteiger partial charge in [-0.25, -0.2) is 4.98 Å². The molecular weight excluding hydrogens is 394 g/mol. The zero-order valence-electron chi connectivity index (χ0n) is 17.2. The summed E-state index contributed by atoms with van der Waals surface area (Å²) in [6.45, 7) is 1.48. The van der Waals surface area contributed by atoms with Crippen LogP contribution in [0, 0.1) is 0 Å². The van der Waals surface area contributed by atoms with Crippen molar-refractivity contribution in [2.24, 2.45) is 0 Å². The van der Waals surface area contributed by atoms with Crippen LogP contribution in [0.3, 0.4) is 0 Å². The van der Waals surface area contributed by atoms with Gasteiger partial charge in [0, 0.05) is 24.5 Å². The minimum atomic E-state index is -0.339. The summed E-state index contributed by atoms with van der Waals surface area (Å²) in [5, 5.41) is 0.658. The number of nitrogens with two attached hydrogens (primary N) is 1. The van der Waals surface area contributed by atoms with Crippen molar-refractivity contribution in [1.82, 2.24) is 19.9 Å². The van der Waals surface area contributed by atoms with Crippen LogP contribution in [0.4, 0.5) is 5.69 Å². The number of benzene rings is 2. The summed E-state index contributed by atoms with van der Waals surface area (Å²) < 4.78 is 5.51. The molecule has 158 valence electrons. The summed E-state index contributed by atoms with van der Waals surface area (Å²) in [6.07, 6.45) is 3.15. The molecule has 0 saturated carbocycles. The number of fused-ring (bicyclic) bond motifs is 2. The maximum atomic E-state index is 13.1. The van der Waals surface area contributed by atoms with E-state index >= 15 is 0 Å². The highest BCUT2D eigenvalue weighted by Crippen LogP contribution is 2.35. The van der Waals surface area contributed by atoms with Crippen LogP contribution in [0.25, 0.3) is 33.3 Å². The number of aromatic amines is 2. The van der Waals surface area contributed by atoms with E-state index in [1.807, 2.05) is 23.1 Å². The van der Waals surface area contributed by atoms with Crippen LogP contribution < -0.4 is 16.0 Å². The first-order chi connectivity index (χ1) is 15.1. The lowest BCUT2D eigenvalue weighted by atomic mass is 10.1. The number of H-pyrrole nitrogens is 2. The number of carbonyl (C=O) groups excluding carboxylic acids is 1. The van der Waals surface area contributed by atoms with Crippen LogP contribution in [-0.4, -0.2) is 46.0 Å². The van der Waals surface area contributed by atoms with Crippen molar-refractivity contribution < 1.29 is 9.53 Å². The maximum Gasteiger partial charge on any atom is 0.276 e. The van der Waals surface area contributed by atoms with Crippen molar-refractivity contribution in [3.8, 4) is 17.1 Å². The first-order valence-corrected chi connectivity index (χ1v) is 10.3. The third-order valence-electron chi connectivity index (χ3n) is 5.87. The van der Waals surface area contributed by atoms with Gasteiger partial charge in [-0.15, -0.1) is 0 Å². The Labute approximate surface area is 178 Å². The lowest BCUT2D eigenvalue weighted by molar-refractivity contribution is 0.0721. The molecule has 8 nitrogen and oxygen atoms in total. The van der Waals surface area contributed by atoms with Crippen LogP contribution >= 0.6 is 0 Å². The number of ether oxygens (including phenoxy) is 1. The Kier molecular flexibility index (Phi) is 4.62. The number of methoxy groups -OCH3 is 1. The Bertz CT molecular complexity index is 1370. The normalized spacial score (nSPS) is 14.3. The van der Waals surface area contributed by atoms with Gasteiger partial charge in [0.25, 0.3) is 11.5 Å². The van der Waals surface area contributed by atoms with Gasteiger partial charge in [0.05, 0.1) is 40.6 Å². The molecule has 0 bridgehead atoms.